The third-order valence-electron chi connectivity index (χ3n) is 2.91. The first-order valence-corrected chi connectivity index (χ1v) is 6.51. The highest BCUT2D eigenvalue weighted by Crippen LogP contribution is 2.20. The fourth-order valence-corrected chi connectivity index (χ4v) is 2.02. The molecule has 0 bridgehead atoms. The van der Waals surface area contributed by atoms with Gasteiger partial charge in [-0.3, -0.25) is 4.68 Å². The van der Waals surface area contributed by atoms with Crippen LogP contribution in [0.2, 0.25) is 0 Å². The van der Waals surface area contributed by atoms with Crippen molar-refractivity contribution in [1.29, 1.82) is 0 Å². The SMILES string of the molecule is CCCc1cc(C(=O)O)cc(Nc2cn(C)nc2C)n1. The lowest BCUT2D eigenvalue weighted by atomic mass is 10.1. The summed E-state index contributed by atoms with van der Waals surface area (Å²) in [4.78, 5) is 15.6. The number of carbonyl (C=O) groups is 1. The molecule has 0 unspecified atom stereocenters. The number of aromatic nitrogens is 3. The van der Waals surface area contributed by atoms with Gasteiger partial charge in [0.05, 0.1) is 16.9 Å². The maximum Gasteiger partial charge on any atom is 0.335 e. The third kappa shape index (κ3) is 3.14. The number of aryl methyl sites for hydroxylation is 3. The lowest BCUT2D eigenvalue weighted by Crippen LogP contribution is -2.04. The van der Waals surface area contributed by atoms with E-state index in [9.17, 15) is 4.79 Å². The van der Waals surface area contributed by atoms with Crippen LogP contribution in [0, 0.1) is 6.92 Å². The Morgan fingerprint density at radius 1 is 1.45 bits per heavy atom. The van der Waals surface area contributed by atoms with Crippen molar-refractivity contribution < 1.29 is 9.90 Å². The number of hydrogen-bond donors (Lipinski definition) is 2. The first kappa shape index (κ1) is 14.0. The van der Waals surface area contributed by atoms with Gasteiger partial charge in [-0.25, -0.2) is 9.78 Å². The lowest BCUT2D eigenvalue weighted by molar-refractivity contribution is 0.0696. The highest BCUT2D eigenvalue weighted by Gasteiger charge is 2.10. The predicted octanol–water partition coefficient (Wildman–Crippen LogP) is 2.52. The van der Waals surface area contributed by atoms with Crippen molar-refractivity contribution in [3.8, 4) is 0 Å². The van der Waals surface area contributed by atoms with E-state index in [1.165, 1.54) is 6.07 Å². The zero-order chi connectivity index (χ0) is 14.7. The van der Waals surface area contributed by atoms with E-state index in [0.29, 0.717) is 5.82 Å². The monoisotopic (exact) mass is 274 g/mol. The molecule has 2 heterocycles. The summed E-state index contributed by atoms with van der Waals surface area (Å²) in [7, 11) is 1.84. The molecular weight excluding hydrogens is 256 g/mol. The maximum atomic E-state index is 11.2. The summed E-state index contributed by atoms with van der Waals surface area (Å²) in [5.41, 5.74) is 2.68. The quantitative estimate of drug-likeness (QED) is 0.875. The molecule has 0 aromatic carbocycles. The molecule has 0 saturated carbocycles. The molecule has 2 aromatic heterocycles. The van der Waals surface area contributed by atoms with Crippen LogP contribution in [0.5, 0.6) is 0 Å². The molecule has 2 aromatic rings. The topological polar surface area (TPSA) is 80.0 Å². The second kappa shape index (κ2) is 5.73. The molecule has 2 rings (SSSR count). The Morgan fingerprint density at radius 3 is 2.75 bits per heavy atom. The summed E-state index contributed by atoms with van der Waals surface area (Å²) < 4.78 is 1.70. The Labute approximate surface area is 117 Å². The molecule has 0 fully saturated rings. The highest BCUT2D eigenvalue weighted by molar-refractivity contribution is 5.88. The Kier molecular flexibility index (Phi) is 4.02. The minimum atomic E-state index is -0.948. The van der Waals surface area contributed by atoms with Crippen LogP contribution in [0.25, 0.3) is 0 Å². The number of carboxylic acid groups (broad SMARTS) is 1. The van der Waals surface area contributed by atoms with Crippen molar-refractivity contribution >= 4 is 17.5 Å². The number of rotatable bonds is 5. The van der Waals surface area contributed by atoms with Crippen molar-refractivity contribution in [2.75, 3.05) is 5.32 Å². The van der Waals surface area contributed by atoms with Gasteiger partial charge >= 0.3 is 5.97 Å². The van der Waals surface area contributed by atoms with E-state index < -0.39 is 5.97 Å². The van der Waals surface area contributed by atoms with Gasteiger partial charge in [-0.2, -0.15) is 5.10 Å². The summed E-state index contributed by atoms with van der Waals surface area (Å²) >= 11 is 0. The van der Waals surface area contributed by atoms with Crippen LogP contribution in [0.1, 0.15) is 35.1 Å². The van der Waals surface area contributed by atoms with Crippen LogP contribution in [-0.4, -0.2) is 25.8 Å². The minimum Gasteiger partial charge on any atom is -0.478 e. The molecule has 6 nitrogen and oxygen atoms in total. The van der Waals surface area contributed by atoms with Gasteiger partial charge in [-0.05, 0) is 25.5 Å². The molecule has 0 amide bonds. The first-order chi connectivity index (χ1) is 9.49. The molecule has 0 saturated heterocycles. The molecular formula is C14H18N4O2. The Balaban J connectivity index is 2.35. The van der Waals surface area contributed by atoms with Gasteiger partial charge in [-0.1, -0.05) is 13.3 Å². The van der Waals surface area contributed by atoms with E-state index >= 15 is 0 Å². The van der Waals surface area contributed by atoms with Crippen LogP contribution < -0.4 is 5.32 Å². The summed E-state index contributed by atoms with van der Waals surface area (Å²) in [5.74, 6) is -0.417. The van der Waals surface area contributed by atoms with Crippen LogP contribution >= 0.6 is 0 Å². The van der Waals surface area contributed by atoms with Gasteiger partial charge in [-0.15, -0.1) is 0 Å². The zero-order valence-electron chi connectivity index (χ0n) is 11.8. The van der Waals surface area contributed by atoms with E-state index in [4.69, 9.17) is 5.11 Å². The Bertz CT molecular complexity index is 634. The highest BCUT2D eigenvalue weighted by atomic mass is 16.4. The second-order valence-electron chi connectivity index (χ2n) is 4.71. The molecule has 0 spiro atoms. The first-order valence-electron chi connectivity index (χ1n) is 6.51. The second-order valence-corrected chi connectivity index (χ2v) is 4.71. The molecule has 0 aliphatic carbocycles. The number of nitrogens with zero attached hydrogens (tertiary/aromatic N) is 3. The van der Waals surface area contributed by atoms with Gasteiger partial charge in [0.25, 0.3) is 0 Å². The number of hydrogen-bond acceptors (Lipinski definition) is 4. The normalized spacial score (nSPS) is 10.6. The fraction of sp³-hybridized carbons (Fsp3) is 0.357. The van der Waals surface area contributed by atoms with E-state index in [1.54, 1.807) is 10.7 Å². The lowest BCUT2D eigenvalue weighted by Gasteiger charge is -2.08. The predicted molar refractivity (Wildman–Crippen MR) is 76.4 cm³/mol. The van der Waals surface area contributed by atoms with Gasteiger partial charge in [0.1, 0.15) is 5.82 Å². The smallest absolute Gasteiger partial charge is 0.335 e. The zero-order valence-corrected chi connectivity index (χ0v) is 11.8. The largest absolute Gasteiger partial charge is 0.478 e. The van der Waals surface area contributed by atoms with E-state index in [-0.39, 0.29) is 5.56 Å². The third-order valence-corrected chi connectivity index (χ3v) is 2.91. The van der Waals surface area contributed by atoms with Gasteiger partial charge in [0.2, 0.25) is 0 Å². The van der Waals surface area contributed by atoms with Gasteiger partial charge in [0, 0.05) is 18.9 Å². The molecule has 0 radical (unpaired) electrons. The average molecular weight is 274 g/mol. The van der Waals surface area contributed by atoms with Crippen molar-refractivity contribution in [2.45, 2.75) is 26.7 Å². The molecule has 0 atom stereocenters. The average Bonchev–Trinajstić information content (AvgIpc) is 2.68. The van der Waals surface area contributed by atoms with Crippen LogP contribution in [0.15, 0.2) is 18.3 Å². The summed E-state index contributed by atoms with van der Waals surface area (Å²) in [6, 6.07) is 3.15. The van der Waals surface area contributed by atoms with Gasteiger partial charge in [0.15, 0.2) is 0 Å². The van der Waals surface area contributed by atoms with Crippen LogP contribution in [0.3, 0.4) is 0 Å². The number of nitrogens with one attached hydrogen (secondary N) is 1. The summed E-state index contributed by atoms with van der Waals surface area (Å²) in [6.45, 7) is 3.92. The van der Waals surface area contributed by atoms with Crippen molar-refractivity contribution in [2.24, 2.45) is 7.05 Å². The summed E-state index contributed by atoms with van der Waals surface area (Å²) in [6.07, 6.45) is 3.51. The van der Waals surface area contributed by atoms with E-state index in [0.717, 1.165) is 29.9 Å². The van der Waals surface area contributed by atoms with Crippen molar-refractivity contribution in [1.82, 2.24) is 14.8 Å². The number of anilines is 2. The molecule has 0 aliphatic rings. The molecule has 20 heavy (non-hydrogen) atoms. The van der Waals surface area contributed by atoms with Gasteiger partial charge < -0.3 is 10.4 Å². The van der Waals surface area contributed by atoms with E-state index in [2.05, 4.69) is 15.4 Å². The standard InChI is InChI=1S/C14H18N4O2/c1-4-5-11-6-10(14(19)20)7-13(15-11)16-12-8-18(3)17-9(12)2/h6-8H,4-5H2,1-3H3,(H,15,16)(H,19,20). The van der Waals surface area contributed by atoms with E-state index in [1.807, 2.05) is 27.1 Å². The summed E-state index contributed by atoms with van der Waals surface area (Å²) in [5, 5.41) is 16.5. The fourth-order valence-electron chi connectivity index (χ4n) is 2.02. The maximum absolute atomic E-state index is 11.2. The number of carboxylic acids is 1. The minimum absolute atomic E-state index is 0.243. The number of aromatic carboxylic acids is 1. The molecule has 0 aliphatic heterocycles. The van der Waals surface area contributed by atoms with Crippen LogP contribution in [-0.2, 0) is 13.5 Å². The molecule has 2 N–H and O–H groups in total. The molecule has 6 heteroatoms. The van der Waals surface area contributed by atoms with Crippen molar-refractivity contribution in [3.05, 3.63) is 35.3 Å². The van der Waals surface area contributed by atoms with Crippen molar-refractivity contribution in [3.63, 3.8) is 0 Å². The van der Waals surface area contributed by atoms with Crippen LogP contribution in [0.4, 0.5) is 11.5 Å². The Hall–Kier alpha value is -2.37. The molecule has 106 valence electrons. The number of pyridine rings is 1. The Morgan fingerprint density at radius 2 is 2.20 bits per heavy atom.